The van der Waals surface area contributed by atoms with Gasteiger partial charge in [-0.05, 0) is 25.7 Å². The van der Waals surface area contributed by atoms with Crippen molar-refractivity contribution in [1.82, 2.24) is 5.32 Å². The molecule has 2 unspecified atom stereocenters. The standard InChI is InChI=1S/C23H48NO9P/c1-28-16-18-31-21-22(32-19-17-29-2)20-30-14-10-6-4-8-12-23(25)24-13-9-5-7-11-15-33-34(3,26)27/h22H,4-21H2,1-3H3,(H,24,25)(H,26,27). The molecule has 2 atom stereocenters. The molecule has 0 aliphatic heterocycles. The molecule has 0 aliphatic rings. The molecule has 0 bridgehead atoms. The summed E-state index contributed by atoms with van der Waals surface area (Å²) in [5, 5.41) is 2.95. The monoisotopic (exact) mass is 513 g/mol. The van der Waals surface area contributed by atoms with E-state index >= 15 is 0 Å². The molecule has 0 fully saturated rings. The predicted molar refractivity (Wildman–Crippen MR) is 131 cm³/mol. The number of methoxy groups -OCH3 is 2. The number of nitrogens with one attached hydrogen (secondary N) is 1. The molecule has 11 heteroatoms. The first-order chi connectivity index (χ1) is 16.4. The van der Waals surface area contributed by atoms with Gasteiger partial charge in [0.15, 0.2) is 0 Å². The molecular weight excluding hydrogens is 465 g/mol. The minimum atomic E-state index is -3.36. The fourth-order valence-corrected chi connectivity index (χ4v) is 3.46. The molecule has 204 valence electrons. The Balaban J connectivity index is 3.55. The fourth-order valence-electron chi connectivity index (χ4n) is 2.99. The molecule has 0 saturated heterocycles. The molecular formula is C23H48NO9P. The van der Waals surface area contributed by atoms with E-state index in [1.165, 1.54) is 6.66 Å². The zero-order valence-corrected chi connectivity index (χ0v) is 22.4. The van der Waals surface area contributed by atoms with Crippen LogP contribution in [0.5, 0.6) is 0 Å². The first-order valence-corrected chi connectivity index (χ1v) is 14.4. The van der Waals surface area contributed by atoms with E-state index in [4.69, 9.17) is 33.1 Å². The van der Waals surface area contributed by atoms with Crippen molar-refractivity contribution in [2.24, 2.45) is 0 Å². The van der Waals surface area contributed by atoms with Crippen LogP contribution in [-0.4, -0.2) is 97.2 Å². The summed E-state index contributed by atoms with van der Waals surface area (Å²) in [6.07, 6.45) is 7.79. The van der Waals surface area contributed by atoms with Crippen LogP contribution in [0.4, 0.5) is 0 Å². The minimum absolute atomic E-state index is 0.0938. The zero-order valence-electron chi connectivity index (χ0n) is 21.5. The molecule has 0 saturated carbocycles. The molecule has 2 N–H and O–H groups in total. The highest BCUT2D eigenvalue weighted by Gasteiger charge is 2.10. The zero-order chi connectivity index (χ0) is 25.3. The van der Waals surface area contributed by atoms with Gasteiger partial charge in [-0.1, -0.05) is 25.7 Å². The number of hydrogen-bond acceptors (Lipinski definition) is 8. The van der Waals surface area contributed by atoms with Crippen LogP contribution in [0.1, 0.15) is 57.8 Å². The van der Waals surface area contributed by atoms with Crippen LogP contribution in [0, 0.1) is 0 Å². The second-order valence-corrected chi connectivity index (χ2v) is 10.1. The van der Waals surface area contributed by atoms with Crippen molar-refractivity contribution >= 4 is 13.5 Å². The maximum atomic E-state index is 11.9. The number of hydrogen-bond donors (Lipinski definition) is 2. The molecule has 0 radical (unpaired) electrons. The lowest BCUT2D eigenvalue weighted by atomic mass is 10.1. The van der Waals surface area contributed by atoms with Gasteiger partial charge in [0.2, 0.25) is 5.91 Å². The number of rotatable bonds is 26. The quantitative estimate of drug-likeness (QED) is 0.133. The molecule has 0 spiro atoms. The van der Waals surface area contributed by atoms with E-state index in [2.05, 4.69) is 5.32 Å². The molecule has 0 aromatic carbocycles. The number of ether oxygens (including phenoxy) is 5. The second-order valence-electron chi connectivity index (χ2n) is 8.19. The summed E-state index contributed by atoms with van der Waals surface area (Å²) in [6, 6.07) is 0. The Kier molecular flexibility index (Phi) is 23.7. The maximum absolute atomic E-state index is 11.9. The van der Waals surface area contributed by atoms with Gasteiger partial charge in [-0.2, -0.15) is 0 Å². The van der Waals surface area contributed by atoms with Crippen molar-refractivity contribution in [3.8, 4) is 0 Å². The summed E-state index contributed by atoms with van der Waals surface area (Å²) in [5.41, 5.74) is 0. The summed E-state index contributed by atoms with van der Waals surface area (Å²) in [5.74, 6) is 0.0938. The normalized spacial score (nSPS) is 14.1. The molecule has 0 aliphatic carbocycles. The van der Waals surface area contributed by atoms with Gasteiger partial charge in [0.05, 0.1) is 46.2 Å². The van der Waals surface area contributed by atoms with Crippen molar-refractivity contribution in [3.05, 3.63) is 0 Å². The number of unbranched alkanes of at least 4 members (excludes halogenated alkanes) is 6. The summed E-state index contributed by atoms with van der Waals surface area (Å²) in [7, 11) is -0.0786. The summed E-state index contributed by atoms with van der Waals surface area (Å²) in [6.45, 7) is 5.88. The molecule has 0 rings (SSSR count). The van der Waals surface area contributed by atoms with Gasteiger partial charge >= 0.3 is 7.60 Å². The maximum Gasteiger partial charge on any atom is 0.325 e. The average molecular weight is 514 g/mol. The molecule has 10 nitrogen and oxygen atoms in total. The lowest BCUT2D eigenvalue weighted by Crippen LogP contribution is -2.28. The van der Waals surface area contributed by atoms with Gasteiger partial charge in [0.1, 0.15) is 6.10 Å². The van der Waals surface area contributed by atoms with Crippen molar-refractivity contribution in [1.29, 1.82) is 0 Å². The topological polar surface area (TPSA) is 122 Å². The van der Waals surface area contributed by atoms with E-state index in [0.29, 0.717) is 65.8 Å². The predicted octanol–water partition coefficient (Wildman–Crippen LogP) is 3.16. The SMILES string of the molecule is COCCOCC(COCCCCCCC(=O)NCCCCCCOP(C)(=O)O)OCCOC. The number of carbonyl (C=O) groups is 1. The van der Waals surface area contributed by atoms with Crippen LogP contribution in [0.2, 0.25) is 0 Å². The van der Waals surface area contributed by atoms with Crippen LogP contribution in [-0.2, 0) is 37.6 Å². The highest BCUT2D eigenvalue weighted by atomic mass is 31.2. The Bertz CT molecular complexity index is 505. The minimum Gasteiger partial charge on any atom is -0.382 e. The fraction of sp³-hybridized carbons (Fsp3) is 0.957. The van der Waals surface area contributed by atoms with E-state index in [-0.39, 0.29) is 12.0 Å². The third-order valence-corrected chi connectivity index (χ3v) is 5.51. The van der Waals surface area contributed by atoms with Crippen LogP contribution in [0.15, 0.2) is 0 Å². The summed E-state index contributed by atoms with van der Waals surface area (Å²) in [4.78, 5) is 20.9. The van der Waals surface area contributed by atoms with E-state index in [9.17, 15) is 9.36 Å². The van der Waals surface area contributed by atoms with E-state index in [1.807, 2.05) is 0 Å². The Hall–Kier alpha value is -0.580. The number of amides is 1. The van der Waals surface area contributed by atoms with Crippen molar-refractivity contribution in [2.75, 3.05) is 80.3 Å². The lowest BCUT2D eigenvalue weighted by Gasteiger charge is -2.18. The van der Waals surface area contributed by atoms with Crippen LogP contribution < -0.4 is 5.32 Å². The van der Waals surface area contributed by atoms with Crippen LogP contribution in [0.25, 0.3) is 0 Å². The Morgan fingerprint density at radius 3 is 2.06 bits per heavy atom. The smallest absolute Gasteiger partial charge is 0.325 e. The van der Waals surface area contributed by atoms with Crippen LogP contribution >= 0.6 is 7.60 Å². The van der Waals surface area contributed by atoms with Gasteiger partial charge in [0.25, 0.3) is 0 Å². The van der Waals surface area contributed by atoms with E-state index in [0.717, 1.165) is 51.4 Å². The van der Waals surface area contributed by atoms with Crippen molar-refractivity contribution in [3.63, 3.8) is 0 Å². The largest absolute Gasteiger partial charge is 0.382 e. The van der Waals surface area contributed by atoms with Crippen molar-refractivity contribution in [2.45, 2.75) is 63.9 Å². The van der Waals surface area contributed by atoms with Gasteiger partial charge < -0.3 is 38.4 Å². The Morgan fingerprint density at radius 1 is 0.794 bits per heavy atom. The third-order valence-electron chi connectivity index (χ3n) is 4.85. The molecule has 0 aromatic heterocycles. The van der Waals surface area contributed by atoms with Crippen molar-refractivity contribution < 1.29 is 42.5 Å². The average Bonchev–Trinajstić information content (AvgIpc) is 2.79. The molecule has 0 heterocycles. The first kappa shape index (κ1) is 33.4. The Morgan fingerprint density at radius 2 is 1.38 bits per heavy atom. The molecule has 0 aromatic rings. The summed E-state index contributed by atoms with van der Waals surface area (Å²) >= 11 is 0. The second kappa shape index (κ2) is 24.1. The Labute approximate surface area is 205 Å². The van der Waals surface area contributed by atoms with Gasteiger partial charge in [-0.25, -0.2) is 0 Å². The first-order valence-electron chi connectivity index (χ1n) is 12.4. The summed E-state index contributed by atoms with van der Waals surface area (Å²) < 4.78 is 42.8. The molecule has 34 heavy (non-hydrogen) atoms. The van der Waals surface area contributed by atoms with Gasteiger partial charge in [0, 0.05) is 40.5 Å². The van der Waals surface area contributed by atoms with Crippen LogP contribution in [0.3, 0.4) is 0 Å². The number of carbonyl (C=O) groups excluding carboxylic acids is 1. The highest BCUT2D eigenvalue weighted by molar-refractivity contribution is 7.51. The van der Waals surface area contributed by atoms with E-state index in [1.54, 1.807) is 14.2 Å². The highest BCUT2D eigenvalue weighted by Crippen LogP contribution is 2.36. The van der Waals surface area contributed by atoms with E-state index < -0.39 is 7.60 Å². The lowest BCUT2D eigenvalue weighted by molar-refractivity contribution is -0.121. The van der Waals surface area contributed by atoms with Gasteiger partial charge in [-0.15, -0.1) is 0 Å². The van der Waals surface area contributed by atoms with Gasteiger partial charge in [-0.3, -0.25) is 9.36 Å². The molecule has 1 amide bonds. The third kappa shape index (κ3) is 26.0.